The first-order chi connectivity index (χ1) is 18.2. The first-order valence-electron chi connectivity index (χ1n) is 11.4. The van der Waals surface area contributed by atoms with E-state index in [4.69, 9.17) is 5.73 Å². The Morgan fingerprint density at radius 2 is 1.68 bits per heavy atom. The molecule has 0 aliphatic carbocycles. The first-order valence-corrected chi connectivity index (χ1v) is 11.4. The molecule has 2 aromatic carbocycles. The maximum atomic E-state index is 12.7. The van der Waals surface area contributed by atoms with Crippen molar-refractivity contribution in [3.8, 4) is 0 Å². The number of anilines is 2. The molecule has 13 heteroatoms. The Morgan fingerprint density at radius 3 is 2.34 bits per heavy atom. The van der Waals surface area contributed by atoms with Crippen LogP contribution >= 0.6 is 0 Å². The Morgan fingerprint density at radius 1 is 0.974 bits per heavy atom. The summed E-state index contributed by atoms with van der Waals surface area (Å²) in [4.78, 5) is 62.9. The summed E-state index contributed by atoms with van der Waals surface area (Å²) in [6.45, 7) is 0.218. The fraction of sp³-hybridized carbons (Fsp3) is 0.160. The molecule has 0 aliphatic heterocycles. The second-order valence-electron chi connectivity index (χ2n) is 8.32. The standard InChI is InChI=1S/C25H23N7O6/c26-25-31-20-19(22(34)32-25)29-16(12-28-20)11-27-15-8-6-14(7-9-15)21(33)30-18(24(37)38)10-17(23(35)36)13-4-2-1-3-5-13/h1-9,12,17-18,27H,10-11H2,(H,30,33)(H,35,36)(H,37,38)(H3,26,28,31,32,34)/t17?,18-/m0/s1. The number of hydrogen-bond acceptors (Lipinski definition) is 9. The Labute approximate surface area is 214 Å². The highest BCUT2D eigenvalue weighted by Gasteiger charge is 2.29. The van der Waals surface area contributed by atoms with E-state index >= 15 is 0 Å². The van der Waals surface area contributed by atoms with Crippen LogP contribution in [0.25, 0.3) is 11.2 Å². The Kier molecular flexibility index (Phi) is 7.56. The lowest BCUT2D eigenvalue weighted by molar-refractivity contribution is -0.141. The molecule has 4 aromatic rings. The van der Waals surface area contributed by atoms with E-state index in [2.05, 4.69) is 30.6 Å². The van der Waals surface area contributed by atoms with Crippen LogP contribution in [0.2, 0.25) is 0 Å². The molecule has 1 unspecified atom stereocenters. The molecule has 0 fully saturated rings. The van der Waals surface area contributed by atoms with Gasteiger partial charge in [0, 0.05) is 11.3 Å². The Bertz CT molecular complexity index is 1540. The molecule has 13 nitrogen and oxygen atoms in total. The van der Waals surface area contributed by atoms with Gasteiger partial charge in [-0.3, -0.25) is 19.4 Å². The third kappa shape index (κ3) is 6.07. The van der Waals surface area contributed by atoms with Crippen molar-refractivity contribution < 1.29 is 24.6 Å². The molecule has 1 amide bonds. The van der Waals surface area contributed by atoms with Gasteiger partial charge >= 0.3 is 11.9 Å². The highest BCUT2D eigenvalue weighted by atomic mass is 16.4. The van der Waals surface area contributed by atoms with Gasteiger partial charge in [-0.15, -0.1) is 0 Å². The summed E-state index contributed by atoms with van der Waals surface area (Å²) >= 11 is 0. The second-order valence-corrected chi connectivity index (χ2v) is 8.32. The minimum absolute atomic E-state index is 0.0518. The number of aliphatic carboxylic acids is 2. The number of H-pyrrole nitrogens is 1. The van der Waals surface area contributed by atoms with Crippen LogP contribution in [0.1, 0.15) is 34.0 Å². The number of aromatic nitrogens is 4. The third-order valence-corrected chi connectivity index (χ3v) is 5.68. The van der Waals surface area contributed by atoms with Gasteiger partial charge in [-0.2, -0.15) is 4.98 Å². The van der Waals surface area contributed by atoms with Crippen LogP contribution < -0.4 is 21.9 Å². The highest BCUT2D eigenvalue weighted by Crippen LogP contribution is 2.22. The lowest BCUT2D eigenvalue weighted by Gasteiger charge is -2.19. The summed E-state index contributed by atoms with van der Waals surface area (Å²) in [7, 11) is 0. The molecule has 0 aliphatic rings. The van der Waals surface area contributed by atoms with Gasteiger partial charge in [0.05, 0.1) is 24.4 Å². The van der Waals surface area contributed by atoms with Crippen molar-refractivity contribution in [2.45, 2.75) is 24.9 Å². The first kappa shape index (κ1) is 25.8. The predicted octanol–water partition coefficient (Wildman–Crippen LogP) is 1.35. The molecule has 0 saturated carbocycles. The largest absolute Gasteiger partial charge is 0.481 e. The number of hydrogen-bond donors (Lipinski definition) is 6. The van der Waals surface area contributed by atoms with Crippen molar-refractivity contribution in [1.29, 1.82) is 0 Å². The quantitative estimate of drug-likeness (QED) is 0.176. The van der Waals surface area contributed by atoms with Crippen molar-refractivity contribution in [3.05, 3.63) is 88.0 Å². The number of carboxylic acid groups (broad SMARTS) is 2. The topological polar surface area (TPSA) is 213 Å². The number of benzene rings is 2. The minimum Gasteiger partial charge on any atom is -0.481 e. The van der Waals surface area contributed by atoms with Gasteiger partial charge in [-0.05, 0) is 36.2 Å². The van der Waals surface area contributed by atoms with E-state index in [9.17, 15) is 29.4 Å². The van der Waals surface area contributed by atoms with Gasteiger partial charge in [0.1, 0.15) is 6.04 Å². The fourth-order valence-corrected chi connectivity index (χ4v) is 3.75. The van der Waals surface area contributed by atoms with Crippen molar-refractivity contribution in [3.63, 3.8) is 0 Å². The molecule has 38 heavy (non-hydrogen) atoms. The van der Waals surface area contributed by atoms with Crippen molar-refractivity contribution >= 4 is 40.6 Å². The maximum absolute atomic E-state index is 12.7. The van der Waals surface area contributed by atoms with E-state index < -0.39 is 35.4 Å². The summed E-state index contributed by atoms with van der Waals surface area (Å²) in [6, 6.07) is 13.0. The SMILES string of the molecule is Nc1nc2ncc(CNc3ccc(C(=O)N[C@@H](CC(C(=O)O)c4ccccc4)C(=O)O)cc3)nc2c(=O)[nH]1. The van der Waals surface area contributed by atoms with Gasteiger partial charge in [0.15, 0.2) is 11.2 Å². The molecule has 0 radical (unpaired) electrons. The molecule has 194 valence electrons. The summed E-state index contributed by atoms with van der Waals surface area (Å²) in [5.74, 6) is -4.35. The number of nitrogens with two attached hydrogens (primary N) is 1. The summed E-state index contributed by atoms with van der Waals surface area (Å²) < 4.78 is 0. The zero-order valence-corrected chi connectivity index (χ0v) is 19.8. The molecule has 2 aromatic heterocycles. The van der Waals surface area contributed by atoms with E-state index in [-0.39, 0.29) is 35.6 Å². The molecule has 2 atom stereocenters. The van der Waals surface area contributed by atoms with E-state index in [1.54, 1.807) is 42.5 Å². The number of nitrogens with one attached hydrogen (secondary N) is 3. The number of amides is 1. The molecule has 0 bridgehead atoms. The van der Waals surface area contributed by atoms with E-state index in [1.807, 2.05) is 0 Å². The number of carboxylic acids is 2. The third-order valence-electron chi connectivity index (χ3n) is 5.68. The highest BCUT2D eigenvalue weighted by molar-refractivity contribution is 5.97. The van der Waals surface area contributed by atoms with Crippen LogP contribution in [0.3, 0.4) is 0 Å². The monoisotopic (exact) mass is 517 g/mol. The Balaban J connectivity index is 1.40. The summed E-state index contributed by atoms with van der Waals surface area (Å²) in [6.07, 6.45) is 1.13. The number of aromatic amines is 1. The number of fused-ring (bicyclic) bond motifs is 1. The molecule has 2 heterocycles. The fourth-order valence-electron chi connectivity index (χ4n) is 3.75. The van der Waals surface area contributed by atoms with Crippen LogP contribution in [0.5, 0.6) is 0 Å². The van der Waals surface area contributed by atoms with E-state index in [0.29, 0.717) is 16.9 Å². The number of nitrogens with zero attached hydrogens (tertiary/aromatic N) is 3. The number of nitrogen functional groups attached to an aromatic ring is 1. The number of carbonyl (C=O) groups is 3. The predicted molar refractivity (Wildman–Crippen MR) is 136 cm³/mol. The molecule has 0 spiro atoms. The minimum atomic E-state index is -1.42. The molecule has 7 N–H and O–H groups in total. The maximum Gasteiger partial charge on any atom is 0.326 e. The van der Waals surface area contributed by atoms with Gasteiger partial charge in [-0.25, -0.2) is 14.8 Å². The van der Waals surface area contributed by atoms with Crippen molar-refractivity contribution in [1.82, 2.24) is 25.3 Å². The Hall–Kier alpha value is -5.33. The lowest BCUT2D eigenvalue weighted by atomic mass is 9.92. The van der Waals surface area contributed by atoms with Crippen LogP contribution in [0, 0.1) is 0 Å². The van der Waals surface area contributed by atoms with Crippen LogP contribution in [0.4, 0.5) is 11.6 Å². The second kappa shape index (κ2) is 11.2. The average Bonchev–Trinajstić information content (AvgIpc) is 2.90. The zero-order valence-electron chi connectivity index (χ0n) is 19.8. The zero-order chi connectivity index (χ0) is 27.2. The molecule has 4 rings (SSSR count). The van der Waals surface area contributed by atoms with Gasteiger partial charge in [0.2, 0.25) is 5.95 Å². The van der Waals surface area contributed by atoms with Crippen molar-refractivity contribution in [2.75, 3.05) is 11.1 Å². The smallest absolute Gasteiger partial charge is 0.326 e. The molecular formula is C25H23N7O6. The summed E-state index contributed by atoms with van der Waals surface area (Å²) in [5, 5.41) is 24.7. The van der Waals surface area contributed by atoms with Crippen LogP contribution in [0.15, 0.2) is 65.6 Å². The molecule has 0 saturated heterocycles. The normalized spacial score (nSPS) is 12.4. The molecular weight excluding hydrogens is 494 g/mol. The van der Waals surface area contributed by atoms with E-state index in [1.165, 1.54) is 18.3 Å². The number of carbonyl (C=O) groups excluding carboxylic acids is 1. The van der Waals surface area contributed by atoms with Gasteiger partial charge < -0.3 is 26.6 Å². The number of rotatable bonds is 10. The van der Waals surface area contributed by atoms with Gasteiger partial charge in [-0.1, -0.05) is 30.3 Å². The summed E-state index contributed by atoms with van der Waals surface area (Å²) in [5.41, 5.74) is 6.90. The average molecular weight is 518 g/mol. The lowest BCUT2D eigenvalue weighted by Crippen LogP contribution is -2.42. The van der Waals surface area contributed by atoms with Gasteiger partial charge in [0.25, 0.3) is 11.5 Å². The van der Waals surface area contributed by atoms with Crippen LogP contribution in [-0.4, -0.2) is 54.0 Å². The van der Waals surface area contributed by atoms with Crippen molar-refractivity contribution in [2.24, 2.45) is 0 Å². The van der Waals surface area contributed by atoms with E-state index in [0.717, 1.165) is 0 Å². The van der Waals surface area contributed by atoms with Crippen LogP contribution in [-0.2, 0) is 16.1 Å².